The maximum absolute atomic E-state index is 12.1. The second-order valence-electron chi connectivity index (χ2n) is 5.39. The van der Waals surface area contributed by atoms with Gasteiger partial charge >= 0.3 is 0 Å². The van der Waals surface area contributed by atoms with E-state index in [2.05, 4.69) is 29.7 Å². The number of carbonyl (C=O) groups is 1. The van der Waals surface area contributed by atoms with E-state index in [0.29, 0.717) is 12.8 Å². The van der Waals surface area contributed by atoms with Gasteiger partial charge in [-0.3, -0.25) is 9.78 Å². The number of aryl methyl sites for hydroxylation is 1. The van der Waals surface area contributed by atoms with Gasteiger partial charge in [0.05, 0.1) is 5.52 Å². The molecule has 3 aromatic rings. The number of para-hydroxylation sites is 1. The van der Waals surface area contributed by atoms with E-state index in [4.69, 9.17) is 0 Å². The van der Waals surface area contributed by atoms with Gasteiger partial charge in [-0.1, -0.05) is 42.5 Å². The summed E-state index contributed by atoms with van der Waals surface area (Å²) in [6.45, 7) is 0. The van der Waals surface area contributed by atoms with Crippen LogP contribution in [0.1, 0.15) is 17.5 Å². The van der Waals surface area contributed by atoms with Crippen molar-refractivity contribution in [2.75, 3.05) is 0 Å². The molecule has 0 aliphatic carbocycles. The standard InChI is InChI=1S/C19H17NOS/c21-17(10-9-14-5-2-1-3-6-14)12-15-11-16-7-4-8-18(22)19(16)20-13-15/h1-8,11,13,22H,9-10,12H2. The van der Waals surface area contributed by atoms with Crippen molar-refractivity contribution in [1.29, 1.82) is 0 Å². The van der Waals surface area contributed by atoms with Gasteiger partial charge in [0.1, 0.15) is 5.78 Å². The van der Waals surface area contributed by atoms with Crippen molar-refractivity contribution in [3.8, 4) is 0 Å². The first-order valence-corrected chi connectivity index (χ1v) is 7.79. The van der Waals surface area contributed by atoms with Crippen molar-refractivity contribution in [3.63, 3.8) is 0 Å². The van der Waals surface area contributed by atoms with Gasteiger partial charge in [-0.15, -0.1) is 12.6 Å². The van der Waals surface area contributed by atoms with Crippen LogP contribution in [0, 0.1) is 0 Å². The number of hydrogen-bond acceptors (Lipinski definition) is 3. The maximum atomic E-state index is 12.1. The van der Waals surface area contributed by atoms with E-state index in [1.807, 2.05) is 42.5 Å². The summed E-state index contributed by atoms with van der Waals surface area (Å²) in [5.41, 5.74) is 3.04. The van der Waals surface area contributed by atoms with Crippen LogP contribution in [0.4, 0.5) is 0 Å². The van der Waals surface area contributed by atoms with Crippen LogP contribution in [0.3, 0.4) is 0 Å². The number of ketones is 1. The van der Waals surface area contributed by atoms with Crippen molar-refractivity contribution in [1.82, 2.24) is 4.98 Å². The van der Waals surface area contributed by atoms with Crippen LogP contribution in [0.25, 0.3) is 10.9 Å². The van der Waals surface area contributed by atoms with Crippen LogP contribution in [-0.4, -0.2) is 10.8 Å². The molecule has 0 aliphatic heterocycles. The minimum absolute atomic E-state index is 0.243. The molecular formula is C19H17NOS. The van der Waals surface area contributed by atoms with Crippen LogP contribution >= 0.6 is 12.6 Å². The average molecular weight is 307 g/mol. The fourth-order valence-corrected chi connectivity index (χ4v) is 2.80. The molecule has 0 atom stereocenters. The number of Topliss-reactive ketones (excluding diaryl/α,β-unsaturated/α-hetero) is 1. The molecule has 3 rings (SSSR count). The lowest BCUT2D eigenvalue weighted by molar-refractivity contribution is -0.118. The van der Waals surface area contributed by atoms with Crippen LogP contribution in [0.2, 0.25) is 0 Å². The monoisotopic (exact) mass is 307 g/mol. The summed E-state index contributed by atoms with van der Waals surface area (Å²) < 4.78 is 0. The Bertz CT molecular complexity index is 799. The van der Waals surface area contributed by atoms with E-state index >= 15 is 0 Å². The molecule has 0 radical (unpaired) electrons. The molecule has 110 valence electrons. The third kappa shape index (κ3) is 3.55. The van der Waals surface area contributed by atoms with E-state index in [1.54, 1.807) is 6.20 Å². The summed E-state index contributed by atoms with van der Waals surface area (Å²) in [7, 11) is 0. The fraction of sp³-hybridized carbons (Fsp3) is 0.158. The van der Waals surface area contributed by atoms with Crippen molar-refractivity contribution in [3.05, 3.63) is 71.9 Å². The first-order valence-electron chi connectivity index (χ1n) is 7.34. The molecule has 0 unspecified atom stereocenters. The normalized spacial score (nSPS) is 10.8. The molecule has 0 aliphatic rings. The molecule has 0 saturated heterocycles. The minimum Gasteiger partial charge on any atom is -0.299 e. The topological polar surface area (TPSA) is 30.0 Å². The average Bonchev–Trinajstić information content (AvgIpc) is 2.54. The van der Waals surface area contributed by atoms with Crippen molar-refractivity contribution in [2.24, 2.45) is 0 Å². The Hall–Kier alpha value is -2.13. The highest BCUT2D eigenvalue weighted by atomic mass is 32.1. The largest absolute Gasteiger partial charge is 0.299 e. The van der Waals surface area contributed by atoms with E-state index in [1.165, 1.54) is 5.56 Å². The molecule has 0 amide bonds. The summed E-state index contributed by atoms with van der Waals surface area (Å²) in [6.07, 6.45) is 3.57. The quantitative estimate of drug-likeness (QED) is 0.714. The summed E-state index contributed by atoms with van der Waals surface area (Å²) >= 11 is 4.40. The zero-order chi connectivity index (χ0) is 15.4. The number of pyridine rings is 1. The smallest absolute Gasteiger partial charge is 0.137 e. The molecule has 0 saturated carbocycles. The number of nitrogens with zero attached hydrogens (tertiary/aromatic N) is 1. The van der Waals surface area contributed by atoms with Gasteiger partial charge in [0.2, 0.25) is 0 Å². The van der Waals surface area contributed by atoms with Crippen molar-refractivity contribution < 1.29 is 4.79 Å². The summed E-state index contributed by atoms with van der Waals surface area (Å²) in [5, 5.41) is 1.03. The van der Waals surface area contributed by atoms with Gasteiger partial charge in [0, 0.05) is 29.3 Å². The number of aromatic nitrogens is 1. The zero-order valence-corrected chi connectivity index (χ0v) is 13.1. The Labute approximate surface area is 135 Å². The Kier molecular flexibility index (Phi) is 4.54. The number of fused-ring (bicyclic) bond motifs is 1. The second-order valence-corrected chi connectivity index (χ2v) is 5.88. The number of rotatable bonds is 5. The van der Waals surface area contributed by atoms with Gasteiger partial charge < -0.3 is 0 Å². The van der Waals surface area contributed by atoms with Crippen LogP contribution < -0.4 is 0 Å². The minimum atomic E-state index is 0.243. The van der Waals surface area contributed by atoms with Gasteiger partial charge in [0.15, 0.2) is 0 Å². The first kappa shape index (κ1) is 14.8. The molecular weight excluding hydrogens is 290 g/mol. The molecule has 22 heavy (non-hydrogen) atoms. The zero-order valence-electron chi connectivity index (χ0n) is 12.2. The van der Waals surface area contributed by atoms with Crippen molar-refractivity contribution >= 4 is 29.3 Å². The highest BCUT2D eigenvalue weighted by Gasteiger charge is 2.07. The fourth-order valence-electron chi connectivity index (χ4n) is 2.53. The third-order valence-electron chi connectivity index (χ3n) is 3.68. The highest BCUT2D eigenvalue weighted by Crippen LogP contribution is 2.20. The predicted molar refractivity (Wildman–Crippen MR) is 92.5 cm³/mol. The first-order chi connectivity index (χ1) is 10.7. The second kappa shape index (κ2) is 6.75. The summed E-state index contributed by atoms with van der Waals surface area (Å²) in [5.74, 6) is 0.243. The Morgan fingerprint density at radius 2 is 1.82 bits per heavy atom. The number of benzene rings is 2. The molecule has 2 aromatic carbocycles. The van der Waals surface area contributed by atoms with Gasteiger partial charge in [-0.2, -0.15) is 0 Å². The SMILES string of the molecule is O=C(CCc1ccccc1)Cc1cnc2c(S)cccc2c1. The number of thiol groups is 1. The molecule has 1 aromatic heterocycles. The van der Waals surface area contributed by atoms with Crippen LogP contribution in [0.15, 0.2) is 65.7 Å². The van der Waals surface area contributed by atoms with Gasteiger partial charge in [0.25, 0.3) is 0 Å². The maximum Gasteiger partial charge on any atom is 0.137 e. The molecule has 1 heterocycles. The predicted octanol–water partition coefficient (Wildman–Crippen LogP) is 4.27. The molecule has 0 fully saturated rings. The molecule has 0 bridgehead atoms. The van der Waals surface area contributed by atoms with E-state index < -0.39 is 0 Å². The van der Waals surface area contributed by atoms with Gasteiger partial charge in [-0.25, -0.2) is 0 Å². The summed E-state index contributed by atoms with van der Waals surface area (Å²) in [4.78, 5) is 17.4. The van der Waals surface area contributed by atoms with Crippen molar-refractivity contribution in [2.45, 2.75) is 24.2 Å². The van der Waals surface area contributed by atoms with Crippen LogP contribution in [-0.2, 0) is 17.6 Å². The van der Waals surface area contributed by atoms with Gasteiger partial charge in [-0.05, 0) is 29.7 Å². The highest BCUT2D eigenvalue weighted by molar-refractivity contribution is 7.80. The number of carbonyl (C=O) groups excluding carboxylic acids is 1. The molecule has 3 heteroatoms. The Morgan fingerprint density at radius 3 is 2.64 bits per heavy atom. The van der Waals surface area contributed by atoms with Crippen LogP contribution in [0.5, 0.6) is 0 Å². The van der Waals surface area contributed by atoms with E-state index in [-0.39, 0.29) is 5.78 Å². The Balaban J connectivity index is 1.66. The lowest BCUT2D eigenvalue weighted by atomic mass is 10.0. The molecule has 2 nitrogen and oxygen atoms in total. The van der Waals surface area contributed by atoms with E-state index in [9.17, 15) is 4.79 Å². The number of hydrogen-bond donors (Lipinski definition) is 1. The molecule has 0 spiro atoms. The lowest BCUT2D eigenvalue weighted by Crippen LogP contribution is -2.04. The lowest BCUT2D eigenvalue weighted by Gasteiger charge is -2.05. The van der Waals surface area contributed by atoms with E-state index in [0.717, 1.165) is 27.8 Å². The summed E-state index contributed by atoms with van der Waals surface area (Å²) in [6, 6.07) is 18.0. The third-order valence-corrected chi connectivity index (χ3v) is 4.04. The molecule has 0 N–H and O–H groups in total. The Morgan fingerprint density at radius 1 is 1.00 bits per heavy atom.